The minimum absolute atomic E-state index is 0.399. The first kappa shape index (κ1) is 16.7. The number of anilines is 3. The van der Waals surface area contributed by atoms with Crippen LogP contribution in [-0.2, 0) is 0 Å². The van der Waals surface area contributed by atoms with E-state index in [9.17, 15) is 0 Å². The van der Waals surface area contributed by atoms with E-state index in [-0.39, 0.29) is 0 Å². The average molecular weight is 352 g/mol. The standard InChI is InChI=1S/C19H24N6O/c1-2-26-16-7-5-14(6-8-16)22-17-12-18(23-15-4-3-9-20-13-15)24-25-11-10-21-19(17)25/h5-8,10-12,15,20,22H,2-4,9,13H2,1H3,(H,23,24)/t15-/m0/s1. The lowest BCUT2D eigenvalue weighted by atomic mass is 10.1. The Bertz CT molecular complexity index is 854. The molecule has 26 heavy (non-hydrogen) atoms. The summed E-state index contributed by atoms with van der Waals surface area (Å²) in [5, 5.41) is 15.0. The van der Waals surface area contributed by atoms with Crippen LogP contribution in [0.1, 0.15) is 19.8 Å². The summed E-state index contributed by atoms with van der Waals surface area (Å²) in [5.41, 5.74) is 2.70. The summed E-state index contributed by atoms with van der Waals surface area (Å²) in [6.45, 7) is 4.70. The molecule has 7 heteroatoms. The molecule has 7 nitrogen and oxygen atoms in total. The van der Waals surface area contributed by atoms with Crippen molar-refractivity contribution in [3.8, 4) is 5.75 Å². The van der Waals surface area contributed by atoms with Crippen molar-refractivity contribution < 1.29 is 4.74 Å². The summed E-state index contributed by atoms with van der Waals surface area (Å²) in [7, 11) is 0. The third-order valence-electron chi connectivity index (χ3n) is 4.45. The molecule has 136 valence electrons. The lowest BCUT2D eigenvalue weighted by Crippen LogP contribution is -2.38. The molecule has 0 aliphatic carbocycles. The monoisotopic (exact) mass is 352 g/mol. The SMILES string of the molecule is CCOc1ccc(Nc2cc(N[C@H]3CCCNC3)nn3ccnc23)cc1. The fourth-order valence-corrected chi connectivity index (χ4v) is 3.22. The van der Waals surface area contributed by atoms with E-state index in [1.165, 1.54) is 6.42 Å². The first-order valence-corrected chi connectivity index (χ1v) is 9.13. The molecule has 1 fully saturated rings. The van der Waals surface area contributed by atoms with Gasteiger partial charge in [0.05, 0.1) is 12.3 Å². The molecule has 1 aromatic carbocycles. The van der Waals surface area contributed by atoms with Gasteiger partial charge in [0.25, 0.3) is 0 Å². The smallest absolute Gasteiger partial charge is 0.177 e. The molecule has 0 bridgehead atoms. The van der Waals surface area contributed by atoms with E-state index in [0.29, 0.717) is 12.6 Å². The fraction of sp³-hybridized carbons (Fsp3) is 0.368. The van der Waals surface area contributed by atoms with E-state index in [0.717, 1.165) is 48.1 Å². The Morgan fingerprint density at radius 2 is 2.19 bits per heavy atom. The number of imidazole rings is 1. The first-order valence-electron chi connectivity index (χ1n) is 9.13. The van der Waals surface area contributed by atoms with Crippen molar-refractivity contribution in [3.05, 3.63) is 42.7 Å². The van der Waals surface area contributed by atoms with E-state index < -0.39 is 0 Å². The summed E-state index contributed by atoms with van der Waals surface area (Å²) in [6, 6.07) is 10.3. The van der Waals surface area contributed by atoms with Gasteiger partial charge in [-0.2, -0.15) is 0 Å². The number of hydrogen-bond acceptors (Lipinski definition) is 6. The molecule has 3 heterocycles. The highest BCUT2D eigenvalue weighted by molar-refractivity contribution is 5.75. The number of nitrogens with one attached hydrogen (secondary N) is 3. The van der Waals surface area contributed by atoms with Crippen LogP contribution < -0.4 is 20.7 Å². The maximum Gasteiger partial charge on any atom is 0.177 e. The Morgan fingerprint density at radius 3 is 2.96 bits per heavy atom. The Balaban J connectivity index is 1.57. The van der Waals surface area contributed by atoms with Gasteiger partial charge in [-0.1, -0.05) is 0 Å². The molecule has 0 unspecified atom stereocenters. The zero-order chi connectivity index (χ0) is 17.8. The van der Waals surface area contributed by atoms with Crippen molar-refractivity contribution in [2.24, 2.45) is 0 Å². The first-order chi connectivity index (χ1) is 12.8. The molecular formula is C19H24N6O. The quantitative estimate of drug-likeness (QED) is 0.633. The number of hydrogen-bond donors (Lipinski definition) is 3. The average Bonchev–Trinajstić information content (AvgIpc) is 3.13. The molecular weight excluding hydrogens is 328 g/mol. The van der Waals surface area contributed by atoms with Gasteiger partial charge in [0.15, 0.2) is 5.65 Å². The Hall–Kier alpha value is -2.80. The van der Waals surface area contributed by atoms with Crippen LogP contribution in [0, 0.1) is 0 Å². The van der Waals surface area contributed by atoms with Crippen molar-refractivity contribution in [1.29, 1.82) is 0 Å². The third kappa shape index (κ3) is 3.72. The zero-order valence-corrected chi connectivity index (χ0v) is 14.9. The Labute approximate surface area is 152 Å². The summed E-state index contributed by atoms with van der Waals surface area (Å²) in [5.74, 6) is 1.71. The minimum atomic E-state index is 0.399. The number of piperidine rings is 1. The summed E-state index contributed by atoms with van der Waals surface area (Å²) < 4.78 is 7.30. The number of aromatic nitrogens is 3. The molecule has 1 aliphatic rings. The van der Waals surface area contributed by atoms with Gasteiger partial charge >= 0.3 is 0 Å². The molecule has 0 saturated carbocycles. The van der Waals surface area contributed by atoms with Crippen LogP contribution in [0.25, 0.3) is 5.65 Å². The van der Waals surface area contributed by atoms with E-state index in [1.54, 1.807) is 10.7 Å². The highest BCUT2D eigenvalue weighted by Gasteiger charge is 2.15. The minimum Gasteiger partial charge on any atom is -0.494 e. The third-order valence-corrected chi connectivity index (χ3v) is 4.45. The van der Waals surface area contributed by atoms with E-state index in [2.05, 4.69) is 26.0 Å². The predicted octanol–water partition coefficient (Wildman–Crippen LogP) is 3.04. The maximum atomic E-state index is 5.50. The van der Waals surface area contributed by atoms with Gasteiger partial charge in [-0.3, -0.25) is 0 Å². The summed E-state index contributed by atoms with van der Waals surface area (Å²) in [6.07, 6.45) is 5.96. The molecule has 1 saturated heterocycles. The Kier molecular flexibility index (Phi) is 4.88. The van der Waals surface area contributed by atoms with Gasteiger partial charge in [0.1, 0.15) is 11.6 Å². The lowest BCUT2D eigenvalue weighted by molar-refractivity contribution is 0.340. The second-order valence-electron chi connectivity index (χ2n) is 6.41. The van der Waals surface area contributed by atoms with Gasteiger partial charge in [0, 0.05) is 36.7 Å². The molecule has 3 aromatic rings. The highest BCUT2D eigenvalue weighted by Crippen LogP contribution is 2.25. The summed E-state index contributed by atoms with van der Waals surface area (Å²) >= 11 is 0. The van der Waals surface area contributed by atoms with Crippen LogP contribution in [0.4, 0.5) is 17.2 Å². The zero-order valence-electron chi connectivity index (χ0n) is 14.9. The van der Waals surface area contributed by atoms with Crippen LogP contribution >= 0.6 is 0 Å². The van der Waals surface area contributed by atoms with Crippen LogP contribution in [0.2, 0.25) is 0 Å². The molecule has 2 aromatic heterocycles. The number of benzene rings is 1. The van der Waals surface area contributed by atoms with Crippen molar-refractivity contribution in [3.63, 3.8) is 0 Å². The molecule has 0 spiro atoms. The fourth-order valence-electron chi connectivity index (χ4n) is 3.22. The second kappa shape index (κ2) is 7.61. The largest absolute Gasteiger partial charge is 0.494 e. The lowest BCUT2D eigenvalue weighted by Gasteiger charge is -2.24. The van der Waals surface area contributed by atoms with Crippen molar-refractivity contribution in [2.75, 3.05) is 30.3 Å². The molecule has 0 amide bonds. The Morgan fingerprint density at radius 1 is 1.31 bits per heavy atom. The molecule has 1 atom stereocenters. The van der Waals surface area contributed by atoms with Gasteiger partial charge in [0.2, 0.25) is 0 Å². The van der Waals surface area contributed by atoms with Crippen LogP contribution in [0.5, 0.6) is 5.75 Å². The van der Waals surface area contributed by atoms with Gasteiger partial charge in [-0.05, 0) is 50.6 Å². The van der Waals surface area contributed by atoms with Gasteiger partial charge in [-0.25, -0.2) is 9.50 Å². The van der Waals surface area contributed by atoms with Crippen LogP contribution in [0.3, 0.4) is 0 Å². The topological polar surface area (TPSA) is 75.5 Å². The van der Waals surface area contributed by atoms with Crippen LogP contribution in [0.15, 0.2) is 42.7 Å². The van der Waals surface area contributed by atoms with E-state index in [4.69, 9.17) is 4.74 Å². The van der Waals surface area contributed by atoms with Crippen LogP contribution in [-0.4, -0.2) is 40.3 Å². The predicted molar refractivity (Wildman–Crippen MR) is 103 cm³/mol. The highest BCUT2D eigenvalue weighted by atomic mass is 16.5. The van der Waals surface area contributed by atoms with E-state index >= 15 is 0 Å². The normalized spacial score (nSPS) is 17.2. The molecule has 4 rings (SSSR count). The van der Waals surface area contributed by atoms with Crippen molar-refractivity contribution >= 4 is 22.8 Å². The van der Waals surface area contributed by atoms with E-state index in [1.807, 2.05) is 43.5 Å². The number of rotatable bonds is 6. The molecule has 0 radical (unpaired) electrons. The maximum absolute atomic E-state index is 5.50. The van der Waals surface area contributed by atoms with Crippen molar-refractivity contribution in [1.82, 2.24) is 19.9 Å². The second-order valence-corrected chi connectivity index (χ2v) is 6.41. The number of nitrogens with zero attached hydrogens (tertiary/aromatic N) is 3. The molecule has 3 N–H and O–H groups in total. The number of ether oxygens (including phenoxy) is 1. The summed E-state index contributed by atoms with van der Waals surface area (Å²) in [4.78, 5) is 4.42. The number of fused-ring (bicyclic) bond motifs is 1. The van der Waals surface area contributed by atoms with Gasteiger partial charge in [-0.15, -0.1) is 5.10 Å². The molecule has 1 aliphatic heterocycles. The van der Waals surface area contributed by atoms with Gasteiger partial charge < -0.3 is 20.7 Å². The van der Waals surface area contributed by atoms with Crippen molar-refractivity contribution in [2.45, 2.75) is 25.8 Å².